The fourth-order valence-corrected chi connectivity index (χ4v) is 3.79. The fraction of sp³-hybridized carbons (Fsp3) is 0.333. The number of nitrogens with one attached hydrogen (secondary N) is 2. The minimum absolute atomic E-state index is 0.0336. The number of hydrogen-bond donors (Lipinski definition) is 2. The summed E-state index contributed by atoms with van der Waals surface area (Å²) in [4.78, 5) is 53.0. The Bertz CT molecular complexity index is 1540. The highest BCUT2D eigenvalue weighted by atomic mass is 19.4. The maximum absolute atomic E-state index is 12.9. The van der Waals surface area contributed by atoms with Crippen molar-refractivity contribution < 1.29 is 18.0 Å². The number of rotatable bonds is 9. The number of H-pyrrole nitrogens is 1. The van der Waals surface area contributed by atoms with Gasteiger partial charge in [-0.3, -0.25) is 23.7 Å². The molecule has 0 spiro atoms. The largest absolute Gasteiger partial charge is 0.433 e. The number of alkyl halides is 3. The second-order valence-corrected chi connectivity index (χ2v) is 8.31. The normalized spacial score (nSPS) is 11.7. The first-order valence-corrected chi connectivity index (χ1v) is 11.6. The van der Waals surface area contributed by atoms with Gasteiger partial charge in [-0.05, 0) is 37.1 Å². The second-order valence-electron chi connectivity index (χ2n) is 8.31. The third-order valence-corrected chi connectivity index (χ3v) is 5.60. The minimum Gasteiger partial charge on any atom is -0.363 e. The van der Waals surface area contributed by atoms with E-state index in [1.165, 1.54) is 15.3 Å². The van der Waals surface area contributed by atoms with Gasteiger partial charge in [0.2, 0.25) is 0 Å². The number of hydrogen-bond acceptors (Lipinski definition) is 7. The summed E-state index contributed by atoms with van der Waals surface area (Å²) in [5, 5.41) is 2.82. The topological polar surface area (TPSA) is 128 Å². The molecular weight excluding hydrogens is 491 g/mol. The lowest BCUT2D eigenvalue weighted by molar-refractivity contribution is -0.141. The Morgan fingerprint density at radius 1 is 1.00 bits per heavy atom. The summed E-state index contributed by atoms with van der Waals surface area (Å²) in [6, 6.07) is 5.09. The van der Waals surface area contributed by atoms with Gasteiger partial charge in [0.15, 0.2) is 11.4 Å². The molecule has 4 heterocycles. The van der Waals surface area contributed by atoms with Gasteiger partial charge in [-0.2, -0.15) is 13.2 Å². The van der Waals surface area contributed by atoms with Crippen molar-refractivity contribution in [3.05, 3.63) is 68.8 Å². The molecule has 0 unspecified atom stereocenters. The number of imidazole rings is 1. The predicted molar refractivity (Wildman–Crippen MR) is 130 cm³/mol. The van der Waals surface area contributed by atoms with Crippen LogP contribution in [0.2, 0.25) is 0 Å². The monoisotopic (exact) mass is 515 g/mol. The van der Waals surface area contributed by atoms with Crippen LogP contribution in [0, 0.1) is 0 Å². The van der Waals surface area contributed by atoms with Crippen molar-refractivity contribution >= 4 is 22.8 Å². The number of aromatic nitrogens is 6. The lowest BCUT2D eigenvalue weighted by Gasteiger charge is -2.09. The van der Waals surface area contributed by atoms with E-state index in [0.717, 1.165) is 18.3 Å². The van der Waals surface area contributed by atoms with Crippen LogP contribution in [-0.2, 0) is 19.3 Å². The number of pyridine rings is 2. The maximum Gasteiger partial charge on any atom is 0.433 e. The number of fused-ring (bicyclic) bond motifs is 1. The van der Waals surface area contributed by atoms with Crippen molar-refractivity contribution in [1.82, 2.24) is 29.1 Å². The lowest BCUT2D eigenvalue weighted by atomic mass is 10.1. The number of halogens is 3. The molecular formula is C24H24F3N7O3. The Morgan fingerprint density at radius 2 is 1.73 bits per heavy atom. The summed E-state index contributed by atoms with van der Waals surface area (Å²) in [6.07, 6.45) is -0.895. The lowest BCUT2D eigenvalue weighted by Crippen LogP contribution is -2.40. The Labute approximate surface area is 208 Å². The molecule has 0 bridgehead atoms. The third kappa shape index (κ3) is 5.29. The van der Waals surface area contributed by atoms with E-state index in [-0.39, 0.29) is 23.3 Å². The van der Waals surface area contributed by atoms with Crippen LogP contribution in [0.4, 0.5) is 19.0 Å². The first-order chi connectivity index (χ1) is 17.6. The summed E-state index contributed by atoms with van der Waals surface area (Å²) >= 11 is 0. The maximum atomic E-state index is 12.9. The molecule has 4 aromatic heterocycles. The van der Waals surface area contributed by atoms with Crippen LogP contribution in [0.25, 0.3) is 22.6 Å². The molecule has 13 heteroatoms. The molecule has 0 saturated heterocycles. The summed E-state index contributed by atoms with van der Waals surface area (Å²) in [5.74, 6) is 0.250. The molecule has 10 nitrogen and oxygen atoms in total. The molecule has 0 aliphatic carbocycles. The number of Topliss-reactive ketones (excluding diaryl/α,β-unsaturated/α-hetero) is 1. The molecule has 2 N–H and O–H groups in total. The van der Waals surface area contributed by atoms with Crippen molar-refractivity contribution in [3.63, 3.8) is 0 Å². The summed E-state index contributed by atoms with van der Waals surface area (Å²) in [6.45, 7) is 4.32. The Hall–Kier alpha value is -4.29. The van der Waals surface area contributed by atoms with Crippen molar-refractivity contribution in [3.8, 4) is 11.4 Å². The van der Waals surface area contributed by atoms with Crippen molar-refractivity contribution in [1.29, 1.82) is 0 Å². The number of nitrogens with zero attached hydrogens (tertiary/aromatic N) is 5. The first kappa shape index (κ1) is 25.8. The van der Waals surface area contributed by atoms with Crippen LogP contribution in [-0.4, -0.2) is 41.4 Å². The van der Waals surface area contributed by atoms with E-state index >= 15 is 0 Å². The summed E-state index contributed by atoms with van der Waals surface area (Å²) < 4.78 is 40.6. The first-order valence-electron chi connectivity index (χ1n) is 11.6. The molecule has 0 aliphatic heterocycles. The van der Waals surface area contributed by atoms with Crippen LogP contribution in [0.3, 0.4) is 0 Å². The van der Waals surface area contributed by atoms with Crippen molar-refractivity contribution in [2.24, 2.45) is 0 Å². The number of ketones is 1. The van der Waals surface area contributed by atoms with Crippen LogP contribution in [0.1, 0.15) is 42.7 Å². The van der Waals surface area contributed by atoms with Crippen LogP contribution in [0.5, 0.6) is 0 Å². The van der Waals surface area contributed by atoms with Gasteiger partial charge < -0.3 is 10.3 Å². The van der Waals surface area contributed by atoms with Crippen LogP contribution >= 0.6 is 0 Å². The highest BCUT2D eigenvalue weighted by molar-refractivity contribution is 5.98. The van der Waals surface area contributed by atoms with Crippen LogP contribution < -0.4 is 16.6 Å². The van der Waals surface area contributed by atoms with Gasteiger partial charge in [-0.15, -0.1) is 0 Å². The second kappa shape index (κ2) is 10.4. The van der Waals surface area contributed by atoms with E-state index in [4.69, 9.17) is 0 Å². The molecule has 0 aliphatic rings. The smallest absolute Gasteiger partial charge is 0.363 e. The van der Waals surface area contributed by atoms with Gasteiger partial charge in [0.05, 0.1) is 6.54 Å². The van der Waals surface area contributed by atoms with Gasteiger partial charge in [0, 0.05) is 36.6 Å². The van der Waals surface area contributed by atoms with Crippen molar-refractivity contribution in [2.45, 2.75) is 46.0 Å². The summed E-state index contributed by atoms with van der Waals surface area (Å²) in [5.41, 5.74) is -0.814. The number of anilines is 1. The molecule has 4 aromatic rings. The molecule has 0 aromatic carbocycles. The highest BCUT2D eigenvalue weighted by Crippen LogP contribution is 2.27. The van der Waals surface area contributed by atoms with E-state index in [1.807, 2.05) is 13.8 Å². The zero-order chi connectivity index (χ0) is 26.7. The zero-order valence-electron chi connectivity index (χ0n) is 20.1. The van der Waals surface area contributed by atoms with E-state index in [1.54, 1.807) is 12.1 Å². The number of carbonyl (C=O) groups excluding carboxylic acids is 1. The van der Waals surface area contributed by atoms with Crippen LogP contribution in [0.15, 0.2) is 46.2 Å². The van der Waals surface area contributed by atoms with E-state index in [2.05, 4.69) is 25.3 Å². The van der Waals surface area contributed by atoms with E-state index in [0.29, 0.717) is 43.1 Å². The quantitative estimate of drug-likeness (QED) is 0.327. The third-order valence-electron chi connectivity index (χ3n) is 5.60. The number of aromatic amines is 1. The SMILES string of the molecule is CCCn1c(=O)c2[nH]c(-c3ccc(NCC(=O)c4ccc(C(F)(F)F)nc4)nc3)nc2n(CCC)c1=O. The zero-order valence-corrected chi connectivity index (χ0v) is 20.1. The molecule has 0 radical (unpaired) electrons. The molecule has 0 fully saturated rings. The predicted octanol–water partition coefficient (Wildman–Crippen LogP) is 3.48. The van der Waals surface area contributed by atoms with Gasteiger partial charge >= 0.3 is 11.9 Å². The van der Waals surface area contributed by atoms with Gasteiger partial charge in [0.1, 0.15) is 22.9 Å². The van der Waals surface area contributed by atoms with Gasteiger partial charge in [-0.1, -0.05) is 13.8 Å². The van der Waals surface area contributed by atoms with Gasteiger partial charge in [0.25, 0.3) is 5.56 Å². The average Bonchev–Trinajstić information content (AvgIpc) is 3.33. The fourth-order valence-electron chi connectivity index (χ4n) is 3.79. The van der Waals surface area contributed by atoms with E-state index < -0.39 is 28.9 Å². The average molecular weight is 515 g/mol. The molecule has 37 heavy (non-hydrogen) atoms. The minimum atomic E-state index is -4.58. The molecule has 0 amide bonds. The van der Waals surface area contributed by atoms with Gasteiger partial charge in [-0.25, -0.2) is 14.8 Å². The molecule has 0 atom stereocenters. The molecule has 4 rings (SSSR count). The molecule has 0 saturated carbocycles. The van der Waals surface area contributed by atoms with E-state index in [9.17, 15) is 27.6 Å². The highest BCUT2D eigenvalue weighted by Gasteiger charge is 2.32. The van der Waals surface area contributed by atoms with Crippen molar-refractivity contribution in [2.75, 3.05) is 11.9 Å². The number of aryl methyl sites for hydroxylation is 1. The number of carbonyl (C=O) groups is 1. The Balaban J connectivity index is 1.53. The Kier molecular flexibility index (Phi) is 7.23. The Morgan fingerprint density at radius 3 is 2.32 bits per heavy atom. The standard InChI is InChI=1S/C24H24F3N7O3/c1-3-9-33-21-19(22(36)34(10-4-2)23(33)37)31-20(32-21)15-6-8-18(29-12-15)30-13-16(35)14-5-7-17(28-11-14)24(25,26)27/h5-8,11-12H,3-4,9-10,13H2,1-2H3,(H,29,30)(H,31,32). The summed E-state index contributed by atoms with van der Waals surface area (Å²) in [7, 11) is 0. The molecule has 194 valence electrons.